The number of ether oxygens (including phenoxy) is 1. The number of hydrogen-bond acceptors (Lipinski definition) is 7. The standard InChI is InChI=1S/C12H15N5O5/c13-9-6-4(10(14)21)1-17(11(6)16-3-15-9)12-8(20)7(19)5(2-18)22-12/h1,3,5,7-8,12,18-20H,2H2,(H2,14,21)(H2,13,15,16)/p+1/t5-,7-,8-,12-/m1/s1. The minimum Gasteiger partial charge on any atom is -0.394 e. The number of nitrogens with zero attached hydrogens (tertiary/aromatic N) is 2. The summed E-state index contributed by atoms with van der Waals surface area (Å²) in [5, 5.41) is 29.4. The quantitative estimate of drug-likeness (QED) is 0.405. The van der Waals surface area contributed by atoms with Gasteiger partial charge < -0.3 is 31.5 Å². The Morgan fingerprint density at radius 3 is 2.77 bits per heavy atom. The maximum absolute atomic E-state index is 11.6. The molecule has 118 valence electrons. The number of primary amides is 1. The van der Waals surface area contributed by atoms with Crippen LogP contribution in [0, 0.1) is 0 Å². The van der Waals surface area contributed by atoms with E-state index in [1.807, 2.05) is 0 Å². The first-order chi connectivity index (χ1) is 10.5. The number of aliphatic hydroxyl groups is 3. The molecule has 2 aromatic rings. The van der Waals surface area contributed by atoms with Crippen molar-refractivity contribution >= 4 is 22.8 Å². The maximum atomic E-state index is 11.6. The molecular formula is C12H16N5O5+. The summed E-state index contributed by atoms with van der Waals surface area (Å²) in [7, 11) is 0. The van der Waals surface area contributed by atoms with Gasteiger partial charge in [0, 0.05) is 0 Å². The van der Waals surface area contributed by atoms with Crippen molar-refractivity contribution in [3.05, 3.63) is 18.1 Å². The fourth-order valence-corrected chi connectivity index (χ4v) is 2.66. The molecular weight excluding hydrogens is 294 g/mol. The fraction of sp³-hybridized carbons (Fsp3) is 0.417. The number of carbonyl (C=O) groups is 1. The highest BCUT2D eigenvalue weighted by atomic mass is 16.6. The number of hydrogen-bond donors (Lipinski definition) is 5. The number of nitrogens with two attached hydrogens (primary N) is 2. The number of aromatic nitrogens is 3. The van der Waals surface area contributed by atoms with Gasteiger partial charge in [-0.2, -0.15) is 0 Å². The Kier molecular flexibility index (Phi) is 3.45. The van der Waals surface area contributed by atoms with Gasteiger partial charge in [-0.3, -0.25) is 4.79 Å². The lowest BCUT2D eigenvalue weighted by Gasteiger charge is -2.13. The average Bonchev–Trinajstić information content (AvgIpc) is 3.00. The van der Waals surface area contributed by atoms with E-state index < -0.39 is 37.1 Å². The van der Waals surface area contributed by atoms with Gasteiger partial charge in [0.05, 0.1) is 18.4 Å². The molecule has 0 aromatic carbocycles. The number of aliphatic hydroxyl groups excluding tert-OH is 3. The minimum absolute atomic E-state index is 0.0908. The molecule has 3 heterocycles. The number of H-pyrrole nitrogens is 1. The van der Waals surface area contributed by atoms with E-state index in [4.69, 9.17) is 21.3 Å². The van der Waals surface area contributed by atoms with Crippen LogP contribution in [-0.2, 0) is 4.74 Å². The summed E-state index contributed by atoms with van der Waals surface area (Å²) >= 11 is 0. The average molecular weight is 310 g/mol. The van der Waals surface area contributed by atoms with E-state index in [9.17, 15) is 15.0 Å². The van der Waals surface area contributed by atoms with E-state index >= 15 is 0 Å². The molecule has 2 aromatic heterocycles. The number of nitrogens with one attached hydrogen (secondary N) is 1. The first-order valence-corrected chi connectivity index (χ1v) is 6.54. The summed E-state index contributed by atoms with van der Waals surface area (Å²) in [5.41, 5.74) is 11.6. The zero-order chi connectivity index (χ0) is 16.0. The van der Waals surface area contributed by atoms with Crippen LogP contribution >= 0.6 is 0 Å². The van der Waals surface area contributed by atoms with Crippen molar-refractivity contribution in [3.8, 4) is 0 Å². The summed E-state index contributed by atoms with van der Waals surface area (Å²) < 4.78 is 6.84. The Labute approximate surface area is 123 Å². The van der Waals surface area contributed by atoms with Gasteiger partial charge in [0.2, 0.25) is 24.0 Å². The van der Waals surface area contributed by atoms with E-state index in [0.29, 0.717) is 11.0 Å². The highest BCUT2D eigenvalue weighted by Gasteiger charge is 2.46. The Hall–Kier alpha value is -2.27. The third-order valence-electron chi connectivity index (χ3n) is 3.75. The molecule has 1 saturated heterocycles. The molecule has 0 spiro atoms. The van der Waals surface area contributed by atoms with E-state index in [-0.39, 0.29) is 11.4 Å². The number of amides is 1. The monoisotopic (exact) mass is 310 g/mol. The largest absolute Gasteiger partial charge is 0.394 e. The van der Waals surface area contributed by atoms with Crippen LogP contribution in [0.5, 0.6) is 0 Å². The van der Waals surface area contributed by atoms with Crippen molar-refractivity contribution in [1.29, 1.82) is 0 Å². The predicted molar refractivity (Wildman–Crippen MR) is 72.2 cm³/mol. The van der Waals surface area contributed by atoms with Crippen LogP contribution in [0.2, 0.25) is 0 Å². The summed E-state index contributed by atoms with van der Waals surface area (Å²) in [6.07, 6.45) is -1.82. The zero-order valence-corrected chi connectivity index (χ0v) is 11.4. The molecule has 22 heavy (non-hydrogen) atoms. The number of carbonyl (C=O) groups excluding carboxylic acids is 1. The van der Waals surface area contributed by atoms with Crippen molar-refractivity contribution in [1.82, 2.24) is 9.55 Å². The Balaban J connectivity index is 2.16. The number of aromatic amines is 1. The van der Waals surface area contributed by atoms with Gasteiger partial charge in [-0.05, 0) is 0 Å². The molecule has 0 unspecified atom stereocenters. The van der Waals surface area contributed by atoms with Crippen LogP contribution < -0.4 is 16.5 Å². The highest BCUT2D eigenvalue weighted by molar-refractivity contribution is 6.08. The summed E-state index contributed by atoms with van der Waals surface area (Å²) in [5.74, 6) is -0.628. The second-order valence-corrected chi connectivity index (χ2v) is 5.05. The second-order valence-electron chi connectivity index (χ2n) is 5.05. The van der Waals surface area contributed by atoms with Crippen molar-refractivity contribution in [2.75, 3.05) is 12.3 Å². The lowest BCUT2D eigenvalue weighted by atomic mass is 10.1. The maximum Gasteiger partial charge on any atom is 0.252 e. The molecule has 4 atom stereocenters. The Bertz CT molecular complexity index is 732. The molecule has 0 aliphatic carbocycles. The lowest BCUT2D eigenvalue weighted by Crippen LogP contribution is -2.33. The van der Waals surface area contributed by atoms with Crippen LogP contribution in [0.1, 0.15) is 16.6 Å². The van der Waals surface area contributed by atoms with Gasteiger partial charge in [-0.25, -0.2) is 9.55 Å². The van der Waals surface area contributed by atoms with E-state index in [0.717, 1.165) is 0 Å². The molecule has 1 aliphatic rings. The molecule has 10 heteroatoms. The van der Waals surface area contributed by atoms with Crippen molar-refractivity contribution in [2.45, 2.75) is 24.5 Å². The number of rotatable bonds is 3. The first kappa shape index (κ1) is 14.7. The highest BCUT2D eigenvalue weighted by Crippen LogP contribution is 2.33. The van der Waals surface area contributed by atoms with Gasteiger partial charge >= 0.3 is 0 Å². The van der Waals surface area contributed by atoms with Crippen LogP contribution in [0.15, 0.2) is 12.5 Å². The van der Waals surface area contributed by atoms with Gasteiger partial charge in [0.25, 0.3) is 5.91 Å². The number of anilines is 1. The molecule has 10 nitrogen and oxygen atoms in total. The second kappa shape index (κ2) is 5.18. The van der Waals surface area contributed by atoms with E-state index in [1.165, 1.54) is 17.1 Å². The zero-order valence-electron chi connectivity index (χ0n) is 11.4. The topological polar surface area (TPSA) is 171 Å². The summed E-state index contributed by atoms with van der Waals surface area (Å²) in [4.78, 5) is 18.3. The van der Waals surface area contributed by atoms with E-state index in [1.54, 1.807) is 0 Å². The molecule has 3 rings (SSSR count). The van der Waals surface area contributed by atoms with E-state index in [2.05, 4.69) is 9.97 Å². The van der Waals surface area contributed by atoms with Crippen LogP contribution in [0.3, 0.4) is 0 Å². The van der Waals surface area contributed by atoms with Crippen molar-refractivity contribution < 1.29 is 29.8 Å². The molecule has 1 amide bonds. The van der Waals surface area contributed by atoms with Gasteiger partial charge in [-0.1, -0.05) is 4.98 Å². The smallest absolute Gasteiger partial charge is 0.252 e. The van der Waals surface area contributed by atoms with Crippen LogP contribution in [0.25, 0.3) is 11.0 Å². The molecule has 0 radical (unpaired) electrons. The lowest BCUT2D eigenvalue weighted by molar-refractivity contribution is -0.355. The van der Waals surface area contributed by atoms with Crippen molar-refractivity contribution in [3.63, 3.8) is 0 Å². The molecule has 1 aliphatic heterocycles. The van der Waals surface area contributed by atoms with Gasteiger partial charge in [-0.15, -0.1) is 0 Å². The molecule has 8 N–H and O–H groups in total. The third-order valence-corrected chi connectivity index (χ3v) is 3.75. The first-order valence-electron chi connectivity index (χ1n) is 6.54. The summed E-state index contributed by atoms with van der Waals surface area (Å²) in [6.45, 7) is -0.454. The number of fused-ring (bicyclic) bond motifs is 1. The SMILES string of the molecule is NC(=O)c1cn([C@@H]2O[C@H](CO)[C@@H](O)[C@H]2O)c2[nH+]cnc(N)c12. The minimum atomic E-state index is -1.30. The summed E-state index contributed by atoms with van der Waals surface area (Å²) in [6, 6.07) is 0. The normalized spacial score (nSPS) is 28.3. The third kappa shape index (κ3) is 2.01. The molecule has 0 bridgehead atoms. The molecule has 1 fully saturated rings. The van der Waals surface area contributed by atoms with Crippen molar-refractivity contribution in [2.24, 2.45) is 5.73 Å². The Morgan fingerprint density at radius 2 is 2.18 bits per heavy atom. The fourth-order valence-electron chi connectivity index (χ4n) is 2.66. The van der Waals surface area contributed by atoms with Crippen LogP contribution in [0.4, 0.5) is 5.82 Å². The number of nitrogen functional groups attached to an aromatic ring is 1. The van der Waals surface area contributed by atoms with Gasteiger partial charge in [0.15, 0.2) is 0 Å². The predicted octanol–water partition coefficient (Wildman–Crippen LogP) is -2.86. The molecule has 0 saturated carbocycles. The van der Waals surface area contributed by atoms with Gasteiger partial charge in [0.1, 0.15) is 23.7 Å². The Morgan fingerprint density at radius 1 is 1.45 bits per heavy atom. The van der Waals surface area contributed by atoms with Crippen LogP contribution in [-0.4, -0.2) is 55.7 Å².